The van der Waals surface area contributed by atoms with Crippen molar-refractivity contribution in [2.24, 2.45) is 0 Å². The first-order valence-electron chi connectivity index (χ1n) is 10.3. The third-order valence-electron chi connectivity index (χ3n) is 5.18. The van der Waals surface area contributed by atoms with E-state index >= 15 is 0 Å². The van der Waals surface area contributed by atoms with Crippen LogP contribution in [-0.4, -0.2) is 53.6 Å². The SMILES string of the molecule is O=C(CSc1ccccn1)Nc1ccc(N2CCN(C(=O)c3ccccc3F)CC2)cc1. The zero-order chi connectivity index (χ0) is 22.3. The van der Waals surface area contributed by atoms with Gasteiger partial charge in [0, 0.05) is 43.8 Å². The Hall–Kier alpha value is -3.39. The van der Waals surface area contributed by atoms with Gasteiger partial charge in [-0.1, -0.05) is 30.0 Å². The van der Waals surface area contributed by atoms with Gasteiger partial charge in [-0.2, -0.15) is 0 Å². The van der Waals surface area contributed by atoms with Crippen LogP contribution in [0.3, 0.4) is 0 Å². The minimum Gasteiger partial charge on any atom is -0.368 e. The Morgan fingerprint density at radius 2 is 1.66 bits per heavy atom. The van der Waals surface area contributed by atoms with Crippen molar-refractivity contribution in [3.8, 4) is 0 Å². The lowest BCUT2D eigenvalue weighted by molar-refractivity contribution is -0.113. The average Bonchev–Trinajstić information content (AvgIpc) is 2.84. The highest BCUT2D eigenvalue weighted by Gasteiger charge is 2.24. The first kappa shape index (κ1) is 21.8. The fraction of sp³-hybridized carbons (Fsp3) is 0.208. The van der Waals surface area contributed by atoms with Crippen LogP contribution in [0.5, 0.6) is 0 Å². The van der Waals surface area contributed by atoms with E-state index in [1.54, 1.807) is 23.2 Å². The van der Waals surface area contributed by atoms with Crippen molar-refractivity contribution in [2.45, 2.75) is 5.03 Å². The molecular formula is C24H23FN4O2S. The normalized spacial score (nSPS) is 13.7. The molecule has 164 valence electrons. The summed E-state index contributed by atoms with van der Waals surface area (Å²) in [6, 6.07) is 19.3. The maximum Gasteiger partial charge on any atom is 0.256 e. The van der Waals surface area contributed by atoms with Gasteiger partial charge in [-0.25, -0.2) is 9.37 Å². The van der Waals surface area contributed by atoms with Crippen LogP contribution < -0.4 is 10.2 Å². The number of benzene rings is 2. The molecule has 1 N–H and O–H groups in total. The standard InChI is InChI=1S/C24H23FN4O2S/c25-21-6-2-1-5-20(21)24(31)29-15-13-28(14-16-29)19-10-8-18(9-11-19)27-22(30)17-32-23-7-3-4-12-26-23/h1-12H,13-17H2,(H,27,30). The third-order valence-corrected chi connectivity index (χ3v) is 6.12. The van der Waals surface area contributed by atoms with E-state index < -0.39 is 5.82 Å². The Morgan fingerprint density at radius 3 is 2.34 bits per heavy atom. The van der Waals surface area contributed by atoms with E-state index in [1.807, 2.05) is 42.5 Å². The number of halogens is 1. The molecule has 3 aromatic rings. The Morgan fingerprint density at radius 1 is 0.938 bits per heavy atom. The van der Waals surface area contributed by atoms with E-state index in [1.165, 1.54) is 23.9 Å². The second-order valence-electron chi connectivity index (χ2n) is 7.31. The molecule has 1 aliphatic rings. The van der Waals surface area contributed by atoms with Crippen molar-refractivity contribution in [1.82, 2.24) is 9.88 Å². The summed E-state index contributed by atoms with van der Waals surface area (Å²) in [5.41, 5.74) is 1.86. The van der Waals surface area contributed by atoms with Crippen molar-refractivity contribution in [3.05, 3.63) is 84.3 Å². The van der Waals surface area contributed by atoms with Gasteiger partial charge in [0.05, 0.1) is 16.3 Å². The van der Waals surface area contributed by atoms with Crippen molar-refractivity contribution >= 4 is 35.0 Å². The summed E-state index contributed by atoms with van der Waals surface area (Å²) in [5, 5.41) is 3.70. The first-order valence-corrected chi connectivity index (χ1v) is 11.3. The minimum atomic E-state index is -0.490. The van der Waals surface area contributed by atoms with Gasteiger partial charge in [-0.15, -0.1) is 0 Å². The van der Waals surface area contributed by atoms with Crippen LogP contribution in [0.25, 0.3) is 0 Å². The number of piperazine rings is 1. The molecule has 1 aromatic heterocycles. The number of nitrogens with zero attached hydrogens (tertiary/aromatic N) is 3. The Bertz CT molecular complexity index is 1070. The number of amides is 2. The van der Waals surface area contributed by atoms with Gasteiger partial charge < -0.3 is 15.1 Å². The molecule has 6 nitrogen and oxygen atoms in total. The van der Waals surface area contributed by atoms with Gasteiger partial charge >= 0.3 is 0 Å². The van der Waals surface area contributed by atoms with Gasteiger partial charge in [-0.05, 0) is 48.5 Å². The van der Waals surface area contributed by atoms with Gasteiger partial charge in [0.1, 0.15) is 5.82 Å². The predicted molar refractivity (Wildman–Crippen MR) is 125 cm³/mol. The smallest absolute Gasteiger partial charge is 0.256 e. The number of hydrogen-bond donors (Lipinski definition) is 1. The predicted octanol–water partition coefficient (Wildman–Crippen LogP) is 3.91. The number of thioether (sulfide) groups is 1. The molecule has 8 heteroatoms. The Balaban J connectivity index is 1.27. The fourth-order valence-corrected chi connectivity index (χ4v) is 4.16. The molecule has 1 fully saturated rings. The quantitative estimate of drug-likeness (QED) is 0.577. The zero-order valence-electron chi connectivity index (χ0n) is 17.4. The van der Waals surface area contributed by atoms with E-state index in [2.05, 4.69) is 15.2 Å². The lowest BCUT2D eigenvalue weighted by Crippen LogP contribution is -2.49. The minimum absolute atomic E-state index is 0.0892. The molecule has 0 bridgehead atoms. The van der Waals surface area contributed by atoms with Gasteiger partial charge in [0.15, 0.2) is 0 Å². The van der Waals surface area contributed by atoms with E-state index in [-0.39, 0.29) is 23.1 Å². The first-order chi connectivity index (χ1) is 15.6. The van der Waals surface area contributed by atoms with E-state index in [9.17, 15) is 14.0 Å². The number of hydrogen-bond acceptors (Lipinski definition) is 5. The molecule has 0 saturated carbocycles. The van der Waals surface area contributed by atoms with E-state index in [0.717, 1.165) is 16.4 Å². The molecule has 0 spiro atoms. The summed E-state index contributed by atoms with van der Waals surface area (Å²) in [6.07, 6.45) is 1.70. The largest absolute Gasteiger partial charge is 0.368 e. The molecule has 1 aliphatic heterocycles. The molecule has 1 saturated heterocycles. The van der Waals surface area contributed by atoms with Crippen LogP contribution in [0.2, 0.25) is 0 Å². The number of aromatic nitrogens is 1. The number of carbonyl (C=O) groups is 2. The molecular weight excluding hydrogens is 427 g/mol. The highest BCUT2D eigenvalue weighted by molar-refractivity contribution is 7.99. The summed E-state index contributed by atoms with van der Waals surface area (Å²) in [7, 11) is 0. The molecule has 32 heavy (non-hydrogen) atoms. The van der Waals surface area contributed by atoms with Crippen LogP contribution in [0.1, 0.15) is 10.4 Å². The average molecular weight is 451 g/mol. The molecule has 2 heterocycles. The monoisotopic (exact) mass is 450 g/mol. The van der Waals surface area contributed by atoms with E-state index in [0.29, 0.717) is 26.2 Å². The molecule has 0 unspecified atom stereocenters. The Kier molecular flexibility index (Phi) is 7.01. The number of rotatable bonds is 6. The van der Waals surface area contributed by atoms with Crippen LogP contribution in [0, 0.1) is 5.82 Å². The summed E-state index contributed by atoms with van der Waals surface area (Å²) in [6.45, 7) is 2.37. The maximum absolute atomic E-state index is 13.9. The highest BCUT2D eigenvalue weighted by atomic mass is 32.2. The molecule has 2 amide bonds. The lowest BCUT2D eigenvalue weighted by Gasteiger charge is -2.36. The molecule has 0 aliphatic carbocycles. The van der Waals surface area contributed by atoms with Crippen LogP contribution in [0.4, 0.5) is 15.8 Å². The van der Waals surface area contributed by atoms with E-state index in [4.69, 9.17) is 0 Å². The number of anilines is 2. The van der Waals surface area contributed by atoms with Crippen LogP contribution in [0.15, 0.2) is 78.0 Å². The van der Waals surface area contributed by atoms with Gasteiger partial charge in [0.25, 0.3) is 5.91 Å². The number of carbonyl (C=O) groups excluding carboxylic acids is 2. The molecule has 0 radical (unpaired) electrons. The van der Waals surface area contributed by atoms with Crippen molar-refractivity contribution in [1.29, 1.82) is 0 Å². The summed E-state index contributed by atoms with van der Waals surface area (Å²) >= 11 is 1.39. The van der Waals surface area contributed by atoms with Crippen molar-refractivity contribution in [3.63, 3.8) is 0 Å². The van der Waals surface area contributed by atoms with Crippen molar-refractivity contribution in [2.75, 3.05) is 42.1 Å². The molecule has 0 atom stereocenters. The molecule has 4 rings (SSSR count). The van der Waals surface area contributed by atoms with Gasteiger partial charge in [0.2, 0.25) is 5.91 Å². The van der Waals surface area contributed by atoms with Crippen molar-refractivity contribution < 1.29 is 14.0 Å². The highest BCUT2D eigenvalue weighted by Crippen LogP contribution is 2.21. The lowest BCUT2D eigenvalue weighted by atomic mass is 10.1. The number of pyridine rings is 1. The second kappa shape index (κ2) is 10.3. The maximum atomic E-state index is 13.9. The summed E-state index contributed by atoms with van der Waals surface area (Å²) in [5.74, 6) is -0.564. The fourth-order valence-electron chi connectivity index (χ4n) is 3.50. The Labute approximate surface area is 190 Å². The van der Waals surface area contributed by atoms with Crippen LogP contribution in [-0.2, 0) is 4.79 Å². The summed E-state index contributed by atoms with van der Waals surface area (Å²) in [4.78, 5) is 32.8. The number of nitrogens with one attached hydrogen (secondary N) is 1. The summed E-state index contributed by atoms with van der Waals surface area (Å²) < 4.78 is 13.9. The zero-order valence-corrected chi connectivity index (χ0v) is 18.2. The topological polar surface area (TPSA) is 65.5 Å². The van der Waals surface area contributed by atoms with Gasteiger partial charge in [-0.3, -0.25) is 9.59 Å². The second-order valence-corrected chi connectivity index (χ2v) is 8.31. The molecule has 2 aromatic carbocycles. The van der Waals surface area contributed by atoms with Crippen LogP contribution >= 0.6 is 11.8 Å². The third kappa shape index (κ3) is 5.45.